The van der Waals surface area contributed by atoms with Crippen LogP contribution in [0.25, 0.3) is 0 Å². The van der Waals surface area contributed by atoms with Crippen molar-refractivity contribution in [3.05, 3.63) is 95.6 Å². The fourth-order valence-electron chi connectivity index (χ4n) is 4.43. The van der Waals surface area contributed by atoms with Gasteiger partial charge in [0.1, 0.15) is 12.6 Å². The van der Waals surface area contributed by atoms with Gasteiger partial charge in [-0.15, -0.1) is 0 Å². The van der Waals surface area contributed by atoms with Gasteiger partial charge in [0.05, 0.1) is 10.6 Å². The summed E-state index contributed by atoms with van der Waals surface area (Å²) in [6.45, 7) is 8.02. The number of carbonyl (C=O) groups excluding carboxylic acids is 2. The van der Waals surface area contributed by atoms with Crippen LogP contribution in [0.1, 0.15) is 49.8 Å². The van der Waals surface area contributed by atoms with E-state index in [0.717, 1.165) is 33.8 Å². The minimum atomic E-state index is -4.07. The molecule has 0 heterocycles. The van der Waals surface area contributed by atoms with Crippen LogP contribution < -0.4 is 9.62 Å². The number of sulfonamides is 1. The molecule has 0 radical (unpaired) electrons. The number of amides is 2. The molecule has 1 atom stereocenters. The van der Waals surface area contributed by atoms with E-state index in [1.165, 1.54) is 17.0 Å². The van der Waals surface area contributed by atoms with Crippen molar-refractivity contribution in [1.29, 1.82) is 0 Å². The van der Waals surface area contributed by atoms with Crippen LogP contribution in [0.3, 0.4) is 0 Å². The Kier molecular flexibility index (Phi) is 10.7. The second-order valence-corrected chi connectivity index (χ2v) is 11.5. The highest BCUT2D eigenvalue weighted by molar-refractivity contribution is 7.92. The Bertz CT molecular complexity index is 1360. The van der Waals surface area contributed by atoms with Crippen molar-refractivity contribution < 1.29 is 18.0 Å². The standard InChI is InChI=1S/C31H39N3O4S/c1-5-7-20-32-31(36)29(6-2)33(22-26-16-12-11-15-25(26)4)30(35)23-34(27-17-13-14-24(3)21-27)39(37,38)28-18-9-8-10-19-28/h8-19,21,29H,5-7,20,22-23H2,1-4H3,(H,32,36)/t29-/m1/s1. The second-order valence-electron chi connectivity index (χ2n) is 9.68. The number of anilines is 1. The average Bonchev–Trinajstić information content (AvgIpc) is 2.93. The molecule has 8 heteroatoms. The lowest BCUT2D eigenvalue weighted by atomic mass is 10.1. The molecule has 2 amide bonds. The number of aryl methyl sites for hydroxylation is 2. The van der Waals surface area contributed by atoms with Crippen LogP contribution in [-0.4, -0.2) is 44.3 Å². The molecule has 0 saturated carbocycles. The number of carbonyl (C=O) groups is 2. The highest BCUT2D eigenvalue weighted by atomic mass is 32.2. The summed E-state index contributed by atoms with van der Waals surface area (Å²) in [4.78, 5) is 28.9. The molecule has 3 aromatic carbocycles. The lowest BCUT2D eigenvalue weighted by Crippen LogP contribution is -2.52. The highest BCUT2D eigenvalue weighted by Gasteiger charge is 2.33. The van der Waals surface area contributed by atoms with Crippen molar-refractivity contribution in [2.75, 3.05) is 17.4 Å². The zero-order chi connectivity index (χ0) is 28.4. The minimum absolute atomic E-state index is 0.0918. The zero-order valence-corrected chi connectivity index (χ0v) is 24.1. The molecule has 3 rings (SSSR count). The average molecular weight is 550 g/mol. The maximum Gasteiger partial charge on any atom is 0.264 e. The summed E-state index contributed by atoms with van der Waals surface area (Å²) in [5, 5.41) is 2.95. The third-order valence-electron chi connectivity index (χ3n) is 6.72. The van der Waals surface area contributed by atoms with Gasteiger partial charge in [-0.3, -0.25) is 13.9 Å². The van der Waals surface area contributed by atoms with E-state index in [2.05, 4.69) is 5.32 Å². The molecule has 7 nitrogen and oxygen atoms in total. The summed E-state index contributed by atoms with van der Waals surface area (Å²) in [7, 11) is -4.07. The molecular formula is C31H39N3O4S. The van der Waals surface area contributed by atoms with E-state index in [0.29, 0.717) is 18.7 Å². The van der Waals surface area contributed by atoms with Crippen LogP contribution in [0, 0.1) is 13.8 Å². The first-order valence-corrected chi connectivity index (χ1v) is 14.9. The van der Waals surface area contributed by atoms with E-state index in [-0.39, 0.29) is 17.3 Å². The molecule has 3 aromatic rings. The predicted molar refractivity (Wildman–Crippen MR) is 156 cm³/mol. The SMILES string of the molecule is CCCCNC(=O)[C@@H](CC)N(Cc1ccccc1C)C(=O)CN(c1cccc(C)c1)S(=O)(=O)c1ccccc1. The third kappa shape index (κ3) is 7.69. The Balaban J connectivity index is 2.03. The van der Waals surface area contributed by atoms with Crippen LogP contribution in [0.15, 0.2) is 83.8 Å². The zero-order valence-electron chi connectivity index (χ0n) is 23.3. The Labute approximate surface area is 232 Å². The predicted octanol–water partition coefficient (Wildman–Crippen LogP) is 5.22. The van der Waals surface area contributed by atoms with E-state index in [1.807, 2.05) is 58.0 Å². The van der Waals surface area contributed by atoms with Gasteiger partial charge in [0, 0.05) is 13.1 Å². The van der Waals surface area contributed by atoms with Crippen molar-refractivity contribution in [3.8, 4) is 0 Å². The summed E-state index contributed by atoms with van der Waals surface area (Å²) < 4.78 is 28.8. The van der Waals surface area contributed by atoms with Gasteiger partial charge in [-0.25, -0.2) is 8.42 Å². The number of nitrogens with one attached hydrogen (secondary N) is 1. The topological polar surface area (TPSA) is 86.8 Å². The van der Waals surface area contributed by atoms with E-state index in [1.54, 1.807) is 36.4 Å². The Morgan fingerprint density at radius 2 is 1.59 bits per heavy atom. The molecule has 0 aliphatic heterocycles. The smallest absolute Gasteiger partial charge is 0.264 e. The maximum atomic E-state index is 14.1. The largest absolute Gasteiger partial charge is 0.354 e. The van der Waals surface area contributed by atoms with Crippen molar-refractivity contribution >= 4 is 27.5 Å². The molecule has 0 saturated heterocycles. The van der Waals surface area contributed by atoms with Crippen molar-refractivity contribution in [1.82, 2.24) is 10.2 Å². The number of nitrogens with zero attached hydrogens (tertiary/aromatic N) is 2. The van der Waals surface area contributed by atoms with E-state index in [9.17, 15) is 18.0 Å². The fourth-order valence-corrected chi connectivity index (χ4v) is 5.86. The van der Waals surface area contributed by atoms with E-state index in [4.69, 9.17) is 0 Å². The van der Waals surface area contributed by atoms with Crippen LogP contribution >= 0.6 is 0 Å². The number of unbranched alkanes of at least 4 members (excludes halogenated alkanes) is 1. The van der Waals surface area contributed by atoms with Gasteiger partial charge in [0.25, 0.3) is 10.0 Å². The van der Waals surface area contributed by atoms with Crippen LogP contribution in [-0.2, 0) is 26.2 Å². The number of hydrogen-bond acceptors (Lipinski definition) is 4. The van der Waals surface area contributed by atoms with Gasteiger partial charge in [-0.1, -0.05) is 74.9 Å². The molecule has 208 valence electrons. The first kappa shape index (κ1) is 29.9. The quantitative estimate of drug-likeness (QED) is 0.296. The van der Waals surface area contributed by atoms with Gasteiger partial charge in [0.2, 0.25) is 11.8 Å². The Morgan fingerprint density at radius 3 is 2.23 bits per heavy atom. The molecule has 0 aliphatic carbocycles. The van der Waals surface area contributed by atoms with Gasteiger partial charge >= 0.3 is 0 Å². The second kappa shape index (κ2) is 13.9. The Hall–Kier alpha value is -3.65. The Morgan fingerprint density at radius 1 is 0.897 bits per heavy atom. The van der Waals surface area contributed by atoms with Crippen molar-refractivity contribution in [3.63, 3.8) is 0 Å². The van der Waals surface area contributed by atoms with Gasteiger partial charge in [0.15, 0.2) is 0 Å². The summed E-state index contributed by atoms with van der Waals surface area (Å²) in [6.07, 6.45) is 2.17. The third-order valence-corrected chi connectivity index (χ3v) is 8.51. The van der Waals surface area contributed by atoms with Gasteiger partial charge in [-0.2, -0.15) is 0 Å². The van der Waals surface area contributed by atoms with Crippen molar-refractivity contribution in [2.24, 2.45) is 0 Å². The molecule has 0 bridgehead atoms. The maximum absolute atomic E-state index is 14.1. The molecule has 0 spiro atoms. The molecule has 39 heavy (non-hydrogen) atoms. The fraction of sp³-hybridized carbons (Fsp3) is 0.355. The van der Waals surface area contributed by atoms with Crippen LogP contribution in [0.5, 0.6) is 0 Å². The molecule has 0 aromatic heterocycles. The molecule has 0 unspecified atom stereocenters. The van der Waals surface area contributed by atoms with E-state index < -0.39 is 28.5 Å². The number of rotatable bonds is 13. The lowest BCUT2D eigenvalue weighted by Gasteiger charge is -2.33. The highest BCUT2D eigenvalue weighted by Crippen LogP contribution is 2.25. The minimum Gasteiger partial charge on any atom is -0.354 e. The first-order valence-electron chi connectivity index (χ1n) is 13.4. The molecular weight excluding hydrogens is 510 g/mol. The monoisotopic (exact) mass is 549 g/mol. The van der Waals surface area contributed by atoms with Gasteiger partial charge in [-0.05, 0) is 67.6 Å². The summed E-state index contributed by atoms with van der Waals surface area (Å²) >= 11 is 0. The number of benzene rings is 3. The summed E-state index contributed by atoms with van der Waals surface area (Å²) in [5.41, 5.74) is 3.15. The number of hydrogen-bond donors (Lipinski definition) is 1. The van der Waals surface area contributed by atoms with Gasteiger partial charge < -0.3 is 10.2 Å². The van der Waals surface area contributed by atoms with E-state index >= 15 is 0 Å². The summed E-state index contributed by atoms with van der Waals surface area (Å²) in [6, 6.07) is 22.1. The van der Waals surface area contributed by atoms with Crippen LogP contribution in [0.4, 0.5) is 5.69 Å². The van der Waals surface area contributed by atoms with Crippen molar-refractivity contribution in [2.45, 2.75) is 64.4 Å². The van der Waals surface area contributed by atoms with Crippen LogP contribution in [0.2, 0.25) is 0 Å². The normalized spacial score (nSPS) is 12.0. The summed E-state index contributed by atoms with van der Waals surface area (Å²) in [5.74, 6) is -0.683. The molecule has 1 N–H and O–H groups in total. The molecule has 0 fully saturated rings. The first-order chi connectivity index (χ1) is 18.7. The lowest BCUT2D eigenvalue weighted by molar-refractivity contribution is -0.140. The molecule has 0 aliphatic rings.